The number of hydrogen-bond acceptors (Lipinski definition) is 3. The van der Waals surface area contributed by atoms with Gasteiger partial charge in [-0.15, -0.1) is 0 Å². The molecular formula is C13H10BrNO2S. The number of aryl methyl sites for hydroxylation is 1. The molecule has 0 saturated carbocycles. The second-order valence-electron chi connectivity index (χ2n) is 3.67. The highest BCUT2D eigenvalue weighted by Gasteiger charge is 2.10. The fraction of sp³-hybridized carbons (Fsp3) is 0.0769. The molecular weight excluding hydrogens is 314 g/mol. The van der Waals surface area contributed by atoms with E-state index < -0.39 is 5.97 Å². The van der Waals surface area contributed by atoms with Crippen molar-refractivity contribution >= 4 is 33.7 Å². The van der Waals surface area contributed by atoms with Crippen molar-refractivity contribution in [1.82, 2.24) is 4.98 Å². The maximum Gasteiger partial charge on any atom is 0.336 e. The molecule has 5 heteroatoms. The van der Waals surface area contributed by atoms with Gasteiger partial charge in [-0.1, -0.05) is 17.8 Å². The largest absolute Gasteiger partial charge is 0.478 e. The number of carboxylic acids is 1. The fourth-order valence-corrected chi connectivity index (χ4v) is 2.73. The Hall–Kier alpha value is -1.33. The zero-order valence-electron chi connectivity index (χ0n) is 9.55. The molecule has 0 aliphatic carbocycles. The van der Waals surface area contributed by atoms with Crippen LogP contribution in [0.3, 0.4) is 0 Å². The number of aromatic carboxylic acids is 1. The van der Waals surface area contributed by atoms with E-state index >= 15 is 0 Å². The van der Waals surface area contributed by atoms with Crippen LogP contribution in [0.4, 0.5) is 0 Å². The van der Waals surface area contributed by atoms with Crippen molar-refractivity contribution in [3.63, 3.8) is 0 Å². The number of halogens is 1. The van der Waals surface area contributed by atoms with Gasteiger partial charge in [0.1, 0.15) is 5.03 Å². The molecule has 0 unspecified atom stereocenters. The standard InChI is InChI=1S/C13H10BrNO2S/c1-8-3-2-4-12(15-8)18-9-5-6-11(14)10(7-9)13(16)17/h2-7H,1H3,(H,16,17). The molecule has 0 spiro atoms. The maximum absolute atomic E-state index is 11.0. The minimum Gasteiger partial charge on any atom is -0.478 e. The van der Waals surface area contributed by atoms with E-state index in [1.807, 2.05) is 31.2 Å². The van der Waals surface area contributed by atoms with Crippen molar-refractivity contribution in [2.75, 3.05) is 0 Å². The number of pyridine rings is 1. The third kappa shape index (κ3) is 3.11. The van der Waals surface area contributed by atoms with Crippen LogP contribution in [0.15, 0.2) is 50.8 Å². The van der Waals surface area contributed by atoms with Gasteiger partial charge in [-0.3, -0.25) is 0 Å². The monoisotopic (exact) mass is 323 g/mol. The Bertz CT molecular complexity index is 601. The van der Waals surface area contributed by atoms with Crippen LogP contribution in [0.25, 0.3) is 0 Å². The Labute approximate surface area is 117 Å². The van der Waals surface area contributed by atoms with E-state index in [1.165, 1.54) is 11.8 Å². The summed E-state index contributed by atoms with van der Waals surface area (Å²) in [6.45, 7) is 1.92. The van der Waals surface area contributed by atoms with Gasteiger partial charge in [0.25, 0.3) is 0 Å². The maximum atomic E-state index is 11.0. The van der Waals surface area contributed by atoms with Crippen LogP contribution in [0.5, 0.6) is 0 Å². The Morgan fingerprint density at radius 2 is 2.11 bits per heavy atom. The van der Waals surface area contributed by atoms with Crippen molar-refractivity contribution in [2.24, 2.45) is 0 Å². The number of benzene rings is 1. The zero-order chi connectivity index (χ0) is 13.1. The van der Waals surface area contributed by atoms with Crippen molar-refractivity contribution < 1.29 is 9.90 Å². The first-order chi connectivity index (χ1) is 8.56. The Balaban J connectivity index is 2.30. The molecule has 1 aromatic heterocycles. The van der Waals surface area contributed by atoms with E-state index in [2.05, 4.69) is 20.9 Å². The van der Waals surface area contributed by atoms with Gasteiger partial charge in [0.05, 0.1) is 5.56 Å². The molecule has 0 bridgehead atoms. The fourth-order valence-electron chi connectivity index (χ4n) is 1.43. The quantitative estimate of drug-likeness (QED) is 0.927. The second kappa shape index (κ2) is 5.54. The summed E-state index contributed by atoms with van der Waals surface area (Å²) in [4.78, 5) is 16.3. The molecule has 1 heterocycles. The van der Waals surface area contributed by atoms with Crippen molar-refractivity contribution in [1.29, 1.82) is 0 Å². The van der Waals surface area contributed by atoms with Gasteiger partial charge in [0.2, 0.25) is 0 Å². The first-order valence-corrected chi connectivity index (χ1v) is 6.81. The molecule has 18 heavy (non-hydrogen) atoms. The van der Waals surface area contributed by atoms with E-state index in [-0.39, 0.29) is 5.56 Å². The first kappa shape index (κ1) is 13.1. The van der Waals surface area contributed by atoms with E-state index in [1.54, 1.807) is 12.1 Å². The first-order valence-electron chi connectivity index (χ1n) is 5.20. The molecule has 2 aromatic rings. The summed E-state index contributed by atoms with van der Waals surface area (Å²) in [5.74, 6) is -0.943. The van der Waals surface area contributed by atoms with Crippen molar-refractivity contribution in [3.8, 4) is 0 Å². The lowest BCUT2D eigenvalue weighted by Gasteiger charge is -2.04. The Morgan fingerprint density at radius 3 is 2.78 bits per heavy atom. The van der Waals surface area contributed by atoms with Crippen LogP contribution >= 0.6 is 27.7 Å². The average molecular weight is 324 g/mol. The number of carbonyl (C=O) groups is 1. The van der Waals surface area contributed by atoms with Gasteiger partial charge in [-0.25, -0.2) is 9.78 Å². The second-order valence-corrected chi connectivity index (χ2v) is 5.61. The number of nitrogens with zero attached hydrogens (tertiary/aromatic N) is 1. The summed E-state index contributed by atoms with van der Waals surface area (Å²) < 4.78 is 0.580. The van der Waals surface area contributed by atoms with E-state index in [4.69, 9.17) is 5.11 Å². The topological polar surface area (TPSA) is 50.2 Å². The van der Waals surface area contributed by atoms with Crippen LogP contribution in [-0.2, 0) is 0 Å². The van der Waals surface area contributed by atoms with Gasteiger partial charge in [0.15, 0.2) is 0 Å². The summed E-state index contributed by atoms with van der Waals surface area (Å²) in [5.41, 5.74) is 1.20. The number of aromatic nitrogens is 1. The third-order valence-electron chi connectivity index (χ3n) is 2.25. The Kier molecular flexibility index (Phi) is 4.04. The SMILES string of the molecule is Cc1cccc(Sc2ccc(Br)c(C(=O)O)c2)n1. The molecule has 1 aromatic carbocycles. The number of rotatable bonds is 3. The number of hydrogen-bond donors (Lipinski definition) is 1. The normalized spacial score (nSPS) is 10.3. The molecule has 0 atom stereocenters. The highest BCUT2D eigenvalue weighted by Crippen LogP contribution is 2.29. The summed E-state index contributed by atoms with van der Waals surface area (Å²) in [5, 5.41) is 9.90. The third-order valence-corrected chi connectivity index (χ3v) is 3.87. The molecule has 0 aliphatic heterocycles. The highest BCUT2D eigenvalue weighted by molar-refractivity contribution is 9.10. The van der Waals surface area contributed by atoms with E-state index in [0.29, 0.717) is 4.47 Å². The predicted octanol–water partition coefficient (Wildman–Crippen LogP) is 4.00. The molecule has 92 valence electrons. The van der Waals surface area contributed by atoms with Crippen LogP contribution in [-0.4, -0.2) is 16.1 Å². The molecule has 0 aliphatic rings. The molecule has 2 rings (SSSR count). The molecule has 0 amide bonds. The molecule has 0 fully saturated rings. The van der Waals surface area contributed by atoms with Crippen molar-refractivity contribution in [2.45, 2.75) is 16.8 Å². The lowest BCUT2D eigenvalue weighted by molar-refractivity contribution is 0.0695. The molecule has 0 saturated heterocycles. The zero-order valence-corrected chi connectivity index (χ0v) is 12.0. The van der Waals surface area contributed by atoms with E-state index in [0.717, 1.165) is 15.6 Å². The Morgan fingerprint density at radius 1 is 1.33 bits per heavy atom. The molecule has 0 radical (unpaired) electrons. The van der Waals surface area contributed by atoms with Gasteiger partial charge >= 0.3 is 5.97 Å². The van der Waals surface area contributed by atoms with Crippen LogP contribution < -0.4 is 0 Å². The summed E-state index contributed by atoms with van der Waals surface area (Å²) in [6, 6.07) is 11.0. The summed E-state index contributed by atoms with van der Waals surface area (Å²) in [6.07, 6.45) is 0. The minimum atomic E-state index is -0.943. The minimum absolute atomic E-state index is 0.257. The number of carboxylic acid groups (broad SMARTS) is 1. The smallest absolute Gasteiger partial charge is 0.336 e. The van der Waals surface area contributed by atoms with Gasteiger partial charge in [-0.2, -0.15) is 0 Å². The lowest BCUT2D eigenvalue weighted by atomic mass is 10.2. The average Bonchev–Trinajstić information content (AvgIpc) is 2.31. The molecule has 1 N–H and O–H groups in total. The summed E-state index contributed by atoms with van der Waals surface area (Å²) >= 11 is 4.67. The van der Waals surface area contributed by atoms with E-state index in [9.17, 15) is 4.79 Å². The van der Waals surface area contributed by atoms with Crippen LogP contribution in [0.1, 0.15) is 16.1 Å². The molecule has 3 nitrogen and oxygen atoms in total. The van der Waals surface area contributed by atoms with Gasteiger partial charge in [0, 0.05) is 15.1 Å². The summed E-state index contributed by atoms with van der Waals surface area (Å²) in [7, 11) is 0. The van der Waals surface area contributed by atoms with Crippen LogP contribution in [0.2, 0.25) is 0 Å². The van der Waals surface area contributed by atoms with Crippen LogP contribution in [0, 0.1) is 6.92 Å². The predicted molar refractivity (Wildman–Crippen MR) is 74.2 cm³/mol. The van der Waals surface area contributed by atoms with Gasteiger partial charge in [-0.05, 0) is 53.2 Å². The van der Waals surface area contributed by atoms with Crippen molar-refractivity contribution in [3.05, 3.63) is 52.1 Å². The van der Waals surface area contributed by atoms with Gasteiger partial charge < -0.3 is 5.11 Å². The highest BCUT2D eigenvalue weighted by atomic mass is 79.9. The lowest BCUT2D eigenvalue weighted by Crippen LogP contribution is -1.97.